The summed E-state index contributed by atoms with van der Waals surface area (Å²) in [5.41, 5.74) is 1.70. The number of aliphatic hydroxyl groups is 1. The quantitative estimate of drug-likeness (QED) is 0.879. The monoisotopic (exact) mass is 274 g/mol. The summed E-state index contributed by atoms with van der Waals surface area (Å²) in [4.78, 5) is 12.3. The Morgan fingerprint density at radius 2 is 2.05 bits per heavy atom. The van der Waals surface area contributed by atoms with Crippen molar-refractivity contribution in [3.63, 3.8) is 0 Å². The molecular formula is C16H22N2O2. The van der Waals surface area contributed by atoms with Gasteiger partial charge in [-0.1, -0.05) is 32.0 Å². The van der Waals surface area contributed by atoms with Crippen LogP contribution in [0.15, 0.2) is 30.3 Å². The molecule has 0 aliphatic rings. The van der Waals surface area contributed by atoms with Crippen LogP contribution in [0.3, 0.4) is 0 Å². The molecule has 1 atom stereocenters. The molecule has 0 spiro atoms. The van der Waals surface area contributed by atoms with E-state index in [1.165, 1.54) is 0 Å². The molecule has 4 heteroatoms. The van der Waals surface area contributed by atoms with E-state index < -0.39 is 6.10 Å². The minimum absolute atomic E-state index is 0.132. The van der Waals surface area contributed by atoms with Gasteiger partial charge < -0.3 is 15.0 Å². The van der Waals surface area contributed by atoms with Crippen molar-refractivity contribution in [2.75, 3.05) is 6.54 Å². The molecule has 20 heavy (non-hydrogen) atoms. The van der Waals surface area contributed by atoms with Gasteiger partial charge in [0.1, 0.15) is 5.69 Å². The summed E-state index contributed by atoms with van der Waals surface area (Å²) in [7, 11) is 0. The molecule has 0 aliphatic heterocycles. The fourth-order valence-electron chi connectivity index (χ4n) is 2.26. The van der Waals surface area contributed by atoms with Gasteiger partial charge in [0.05, 0.1) is 6.10 Å². The number of hydrogen-bond acceptors (Lipinski definition) is 2. The van der Waals surface area contributed by atoms with Crippen molar-refractivity contribution >= 4 is 16.8 Å². The highest BCUT2D eigenvalue weighted by atomic mass is 16.3. The third kappa shape index (κ3) is 2.85. The molecule has 4 nitrogen and oxygen atoms in total. The summed E-state index contributed by atoms with van der Waals surface area (Å²) in [5, 5.41) is 13.6. The Kier molecular flexibility index (Phi) is 4.45. The molecule has 0 aliphatic carbocycles. The maximum Gasteiger partial charge on any atom is 0.268 e. The van der Waals surface area contributed by atoms with Crippen LogP contribution in [0.4, 0.5) is 0 Å². The van der Waals surface area contributed by atoms with Gasteiger partial charge in [-0.05, 0) is 25.0 Å². The molecule has 1 amide bonds. The minimum atomic E-state index is -0.515. The van der Waals surface area contributed by atoms with Gasteiger partial charge in [-0.15, -0.1) is 0 Å². The first-order chi connectivity index (χ1) is 9.54. The van der Waals surface area contributed by atoms with E-state index in [9.17, 15) is 9.90 Å². The number of aliphatic hydroxyl groups excluding tert-OH is 1. The fraction of sp³-hybridized carbons (Fsp3) is 0.438. The van der Waals surface area contributed by atoms with Crippen LogP contribution >= 0.6 is 0 Å². The van der Waals surface area contributed by atoms with Gasteiger partial charge in [0.2, 0.25) is 0 Å². The number of amides is 1. The summed E-state index contributed by atoms with van der Waals surface area (Å²) in [6, 6.07) is 9.85. The zero-order valence-corrected chi connectivity index (χ0v) is 12.3. The molecule has 1 aromatic carbocycles. The molecule has 2 aromatic rings. The highest BCUT2D eigenvalue weighted by molar-refractivity contribution is 5.98. The lowest BCUT2D eigenvalue weighted by molar-refractivity contribution is 0.0864. The predicted molar refractivity (Wildman–Crippen MR) is 80.8 cm³/mol. The summed E-state index contributed by atoms with van der Waals surface area (Å²) >= 11 is 0. The maximum atomic E-state index is 12.3. The van der Waals surface area contributed by atoms with Crippen LogP contribution < -0.4 is 5.32 Å². The average Bonchev–Trinajstić information content (AvgIpc) is 2.82. The summed E-state index contributed by atoms with van der Waals surface area (Å²) in [5.74, 6) is -0.00455. The molecule has 1 unspecified atom stereocenters. The first-order valence-corrected chi connectivity index (χ1v) is 7.09. The number of aromatic nitrogens is 1. The molecule has 2 N–H and O–H groups in total. The normalized spacial score (nSPS) is 12.8. The van der Waals surface area contributed by atoms with Crippen molar-refractivity contribution in [3.05, 3.63) is 36.0 Å². The Morgan fingerprint density at radius 1 is 1.35 bits per heavy atom. The molecule has 0 bridgehead atoms. The molecule has 0 saturated heterocycles. The Labute approximate surface area is 119 Å². The van der Waals surface area contributed by atoms with E-state index in [1.807, 2.05) is 55.7 Å². The Balaban J connectivity index is 2.21. The van der Waals surface area contributed by atoms with Crippen LogP contribution in [-0.4, -0.2) is 28.2 Å². The number of hydrogen-bond donors (Lipinski definition) is 2. The zero-order valence-electron chi connectivity index (χ0n) is 12.3. The van der Waals surface area contributed by atoms with Gasteiger partial charge in [0.25, 0.3) is 5.91 Å². The van der Waals surface area contributed by atoms with Crippen LogP contribution in [0, 0.1) is 5.92 Å². The number of benzene rings is 1. The summed E-state index contributed by atoms with van der Waals surface area (Å²) < 4.78 is 1.99. The van der Waals surface area contributed by atoms with Crippen molar-refractivity contribution in [1.82, 2.24) is 9.88 Å². The Morgan fingerprint density at radius 3 is 2.70 bits per heavy atom. The molecule has 0 fully saturated rings. The van der Waals surface area contributed by atoms with Crippen LogP contribution in [0.25, 0.3) is 10.9 Å². The second-order valence-electron chi connectivity index (χ2n) is 5.35. The first kappa shape index (κ1) is 14.6. The van der Waals surface area contributed by atoms with Gasteiger partial charge in [-0.3, -0.25) is 4.79 Å². The summed E-state index contributed by atoms with van der Waals surface area (Å²) in [6.45, 7) is 6.90. The standard InChI is InChI=1S/C16H22N2O2/c1-4-18-13-8-6-5-7-12(13)9-14(18)16(20)17-10-15(19)11(2)3/h5-9,11,15,19H,4,10H2,1-3H3,(H,17,20). The van der Waals surface area contributed by atoms with Crippen molar-refractivity contribution in [2.24, 2.45) is 5.92 Å². The largest absolute Gasteiger partial charge is 0.391 e. The highest BCUT2D eigenvalue weighted by Gasteiger charge is 2.16. The van der Waals surface area contributed by atoms with Gasteiger partial charge in [0, 0.05) is 24.0 Å². The van der Waals surface area contributed by atoms with E-state index in [-0.39, 0.29) is 18.4 Å². The maximum absolute atomic E-state index is 12.3. The van der Waals surface area contributed by atoms with Crippen LogP contribution in [-0.2, 0) is 6.54 Å². The second kappa shape index (κ2) is 6.09. The lowest BCUT2D eigenvalue weighted by Gasteiger charge is -2.15. The number of carbonyl (C=O) groups is 1. The number of nitrogens with zero attached hydrogens (tertiary/aromatic N) is 1. The average molecular weight is 274 g/mol. The SMILES string of the molecule is CCn1c(C(=O)NCC(O)C(C)C)cc2ccccc21. The lowest BCUT2D eigenvalue weighted by atomic mass is 10.1. The van der Waals surface area contributed by atoms with Crippen LogP contribution in [0.5, 0.6) is 0 Å². The van der Waals surface area contributed by atoms with E-state index in [2.05, 4.69) is 5.32 Å². The number of carbonyl (C=O) groups excluding carboxylic acids is 1. The van der Waals surface area contributed by atoms with Crippen molar-refractivity contribution in [3.8, 4) is 0 Å². The van der Waals surface area contributed by atoms with Crippen molar-refractivity contribution in [2.45, 2.75) is 33.4 Å². The van der Waals surface area contributed by atoms with E-state index in [1.54, 1.807) is 0 Å². The van der Waals surface area contributed by atoms with E-state index >= 15 is 0 Å². The van der Waals surface area contributed by atoms with E-state index in [0.29, 0.717) is 5.69 Å². The molecule has 1 aromatic heterocycles. The van der Waals surface area contributed by atoms with Crippen molar-refractivity contribution < 1.29 is 9.90 Å². The van der Waals surface area contributed by atoms with E-state index in [0.717, 1.165) is 17.4 Å². The van der Waals surface area contributed by atoms with Crippen LogP contribution in [0.1, 0.15) is 31.3 Å². The van der Waals surface area contributed by atoms with Crippen molar-refractivity contribution in [1.29, 1.82) is 0 Å². The number of rotatable bonds is 5. The van der Waals surface area contributed by atoms with Gasteiger partial charge >= 0.3 is 0 Å². The Hall–Kier alpha value is -1.81. The Bertz CT molecular complexity index is 602. The summed E-state index contributed by atoms with van der Waals surface area (Å²) in [6.07, 6.45) is -0.515. The van der Waals surface area contributed by atoms with Gasteiger partial charge in [-0.2, -0.15) is 0 Å². The molecule has 0 radical (unpaired) electrons. The lowest BCUT2D eigenvalue weighted by Crippen LogP contribution is -2.35. The number of fused-ring (bicyclic) bond motifs is 1. The van der Waals surface area contributed by atoms with Gasteiger partial charge in [0.15, 0.2) is 0 Å². The third-order valence-corrected chi connectivity index (χ3v) is 3.60. The third-order valence-electron chi connectivity index (χ3n) is 3.60. The molecule has 0 saturated carbocycles. The topological polar surface area (TPSA) is 54.3 Å². The van der Waals surface area contributed by atoms with Crippen LogP contribution in [0.2, 0.25) is 0 Å². The zero-order chi connectivity index (χ0) is 14.7. The first-order valence-electron chi connectivity index (χ1n) is 7.09. The van der Waals surface area contributed by atoms with Gasteiger partial charge in [-0.25, -0.2) is 0 Å². The smallest absolute Gasteiger partial charge is 0.268 e. The number of nitrogens with one attached hydrogen (secondary N) is 1. The predicted octanol–water partition coefficient (Wildman–Crippen LogP) is 2.41. The molecule has 108 valence electrons. The molecular weight excluding hydrogens is 252 g/mol. The second-order valence-corrected chi connectivity index (χ2v) is 5.35. The molecule has 1 heterocycles. The van der Waals surface area contributed by atoms with E-state index in [4.69, 9.17) is 0 Å². The minimum Gasteiger partial charge on any atom is -0.391 e. The number of para-hydroxylation sites is 1. The molecule has 2 rings (SSSR count). The highest BCUT2D eigenvalue weighted by Crippen LogP contribution is 2.19. The number of aryl methyl sites for hydroxylation is 1. The fourth-order valence-corrected chi connectivity index (χ4v) is 2.26.